The van der Waals surface area contributed by atoms with Crippen LogP contribution < -0.4 is 0 Å². The number of carbonyl (C=O) groups excluding carboxylic acids is 2. The molecule has 7 heteroatoms. The first-order valence-corrected chi connectivity index (χ1v) is 6.89. The van der Waals surface area contributed by atoms with Crippen molar-refractivity contribution in [1.82, 2.24) is 14.7 Å². The molecular weight excluding hydrogens is 262 g/mol. The average molecular weight is 285 g/mol. The lowest BCUT2D eigenvalue weighted by Gasteiger charge is -2.37. The molecule has 0 radical (unpaired) electrons. The summed E-state index contributed by atoms with van der Waals surface area (Å²) >= 11 is 0. The Kier molecular flexibility index (Phi) is 5.79. The van der Waals surface area contributed by atoms with Gasteiger partial charge in [0.05, 0.1) is 5.92 Å². The molecule has 1 aliphatic heterocycles. The van der Waals surface area contributed by atoms with Gasteiger partial charge in [0.1, 0.15) is 0 Å². The molecule has 0 aromatic heterocycles. The fraction of sp³-hybridized carbons (Fsp3) is 0.769. The highest BCUT2D eigenvalue weighted by Crippen LogP contribution is 2.08. The van der Waals surface area contributed by atoms with Crippen LogP contribution in [0.3, 0.4) is 0 Å². The van der Waals surface area contributed by atoms with Gasteiger partial charge in [0.2, 0.25) is 5.91 Å². The van der Waals surface area contributed by atoms with Crippen LogP contribution in [0.15, 0.2) is 0 Å². The minimum atomic E-state index is -0.905. The van der Waals surface area contributed by atoms with Crippen LogP contribution in [0.5, 0.6) is 0 Å². The van der Waals surface area contributed by atoms with E-state index in [1.54, 1.807) is 21.6 Å². The topological polar surface area (TPSA) is 81.2 Å². The smallest absolute Gasteiger partial charge is 0.320 e. The van der Waals surface area contributed by atoms with Gasteiger partial charge in [0, 0.05) is 46.2 Å². The number of carboxylic acid groups (broad SMARTS) is 1. The van der Waals surface area contributed by atoms with Gasteiger partial charge in [-0.2, -0.15) is 0 Å². The highest BCUT2D eigenvalue weighted by molar-refractivity contribution is 5.77. The van der Waals surface area contributed by atoms with Crippen LogP contribution >= 0.6 is 0 Å². The number of hydrogen-bond acceptors (Lipinski definition) is 3. The van der Waals surface area contributed by atoms with Crippen molar-refractivity contribution in [2.75, 3.05) is 39.3 Å². The van der Waals surface area contributed by atoms with E-state index < -0.39 is 11.9 Å². The van der Waals surface area contributed by atoms with E-state index in [4.69, 9.17) is 5.11 Å². The number of piperazine rings is 1. The van der Waals surface area contributed by atoms with E-state index in [1.165, 1.54) is 6.92 Å². The molecule has 0 aromatic rings. The quantitative estimate of drug-likeness (QED) is 0.806. The van der Waals surface area contributed by atoms with Crippen molar-refractivity contribution in [3.8, 4) is 0 Å². The van der Waals surface area contributed by atoms with Crippen LogP contribution in [0.1, 0.15) is 20.8 Å². The van der Waals surface area contributed by atoms with E-state index in [2.05, 4.69) is 0 Å². The van der Waals surface area contributed by atoms with E-state index in [1.807, 2.05) is 6.92 Å². The third-order valence-electron chi connectivity index (χ3n) is 3.56. The molecule has 0 spiro atoms. The molecule has 1 rings (SSSR count). The predicted molar refractivity (Wildman–Crippen MR) is 73.3 cm³/mol. The predicted octanol–water partition coefficient (Wildman–Crippen LogP) is 0.313. The molecule has 1 aliphatic rings. The molecule has 0 bridgehead atoms. The molecule has 114 valence electrons. The molecule has 0 aromatic carbocycles. The second-order valence-electron chi connectivity index (χ2n) is 5.05. The maximum atomic E-state index is 12.3. The monoisotopic (exact) mass is 285 g/mol. The Balaban J connectivity index is 2.55. The number of rotatable bonds is 4. The third kappa shape index (κ3) is 4.11. The fourth-order valence-corrected chi connectivity index (χ4v) is 2.16. The van der Waals surface area contributed by atoms with Crippen molar-refractivity contribution in [1.29, 1.82) is 0 Å². The summed E-state index contributed by atoms with van der Waals surface area (Å²) in [5.74, 6) is -1.47. The second kappa shape index (κ2) is 7.12. The second-order valence-corrected chi connectivity index (χ2v) is 5.05. The lowest BCUT2D eigenvalue weighted by Crippen LogP contribution is -2.54. The summed E-state index contributed by atoms with van der Waals surface area (Å²) in [5.41, 5.74) is 0. The molecule has 1 atom stereocenters. The van der Waals surface area contributed by atoms with Gasteiger partial charge in [-0.15, -0.1) is 0 Å². The van der Waals surface area contributed by atoms with Crippen molar-refractivity contribution in [3.63, 3.8) is 0 Å². The molecule has 1 N–H and O–H groups in total. The minimum absolute atomic E-state index is 0.0175. The summed E-state index contributed by atoms with van der Waals surface area (Å²) in [7, 11) is 0. The van der Waals surface area contributed by atoms with Gasteiger partial charge < -0.3 is 19.8 Å². The zero-order valence-corrected chi connectivity index (χ0v) is 12.3. The number of aliphatic carboxylic acids is 1. The van der Waals surface area contributed by atoms with Gasteiger partial charge in [0.15, 0.2) is 0 Å². The van der Waals surface area contributed by atoms with Crippen LogP contribution in [0, 0.1) is 5.92 Å². The summed E-state index contributed by atoms with van der Waals surface area (Å²) in [6, 6.07) is -0.149. The molecule has 1 heterocycles. The van der Waals surface area contributed by atoms with Crippen LogP contribution in [0.25, 0.3) is 0 Å². The lowest BCUT2D eigenvalue weighted by atomic mass is 10.2. The highest BCUT2D eigenvalue weighted by atomic mass is 16.4. The number of urea groups is 1. The van der Waals surface area contributed by atoms with Crippen LogP contribution in [-0.4, -0.2) is 77.0 Å². The van der Waals surface area contributed by atoms with Crippen molar-refractivity contribution in [3.05, 3.63) is 0 Å². The minimum Gasteiger partial charge on any atom is -0.481 e. The Morgan fingerprint density at radius 3 is 2.05 bits per heavy atom. The zero-order chi connectivity index (χ0) is 15.3. The van der Waals surface area contributed by atoms with E-state index >= 15 is 0 Å². The first kappa shape index (κ1) is 16.3. The van der Waals surface area contributed by atoms with E-state index in [9.17, 15) is 14.4 Å². The maximum absolute atomic E-state index is 12.3. The average Bonchev–Trinajstić information content (AvgIpc) is 2.43. The Morgan fingerprint density at radius 1 is 1.15 bits per heavy atom. The lowest BCUT2D eigenvalue weighted by molar-refractivity contribution is -0.141. The van der Waals surface area contributed by atoms with Crippen molar-refractivity contribution >= 4 is 17.9 Å². The summed E-state index contributed by atoms with van der Waals surface area (Å²) in [4.78, 5) is 39.4. The summed E-state index contributed by atoms with van der Waals surface area (Å²) in [6.07, 6.45) is 0. The van der Waals surface area contributed by atoms with Crippen LogP contribution in [-0.2, 0) is 9.59 Å². The molecular formula is C13H23N3O4. The summed E-state index contributed by atoms with van der Waals surface area (Å²) in [5, 5.41) is 8.92. The number of amides is 3. The van der Waals surface area contributed by atoms with Crippen LogP contribution in [0.4, 0.5) is 4.79 Å². The standard InChI is InChI=1S/C13H23N3O4/c1-4-14(9-10(2)12(18)19)13(20)16-7-5-15(6-8-16)11(3)17/h10H,4-9H2,1-3H3,(H,18,19). The van der Waals surface area contributed by atoms with Crippen LogP contribution in [0.2, 0.25) is 0 Å². The van der Waals surface area contributed by atoms with Crippen molar-refractivity contribution in [2.45, 2.75) is 20.8 Å². The molecule has 7 nitrogen and oxygen atoms in total. The molecule has 0 aliphatic carbocycles. The van der Waals surface area contributed by atoms with Gasteiger partial charge in [0.25, 0.3) is 0 Å². The SMILES string of the molecule is CCN(CC(C)C(=O)O)C(=O)N1CCN(C(C)=O)CC1. The zero-order valence-electron chi connectivity index (χ0n) is 12.3. The molecule has 1 saturated heterocycles. The Morgan fingerprint density at radius 2 is 1.65 bits per heavy atom. The van der Waals surface area contributed by atoms with E-state index in [0.717, 1.165) is 0 Å². The van der Waals surface area contributed by atoms with Crippen molar-refractivity contribution < 1.29 is 19.5 Å². The largest absolute Gasteiger partial charge is 0.481 e. The number of hydrogen-bond donors (Lipinski definition) is 1. The summed E-state index contributed by atoms with van der Waals surface area (Å²) in [6.45, 7) is 7.68. The summed E-state index contributed by atoms with van der Waals surface area (Å²) < 4.78 is 0. The number of carbonyl (C=O) groups is 3. The molecule has 3 amide bonds. The number of carboxylic acids is 1. The first-order valence-electron chi connectivity index (χ1n) is 6.89. The molecule has 0 saturated carbocycles. The Bertz CT molecular complexity index is 378. The van der Waals surface area contributed by atoms with Gasteiger partial charge in [-0.3, -0.25) is 9.59 Å². The van der Waals surface area contributed by atoms with E-state index in [-0.39, 0.29) is 18.5 Å². The van der Waals surface area contributed by atoms with Gasteiger partial charge in [-0.05, 0) is 6.92 Å². The van der Waals surface area contributed by atoms with E-state index in [0.29, 0.717) is 32.7 Å². The normalized spacial score (nSPS) is 16.8. The number of nitrogens with zero attached hydrogens (tertiary/aromatic N) is 3. The Labute approximate surface area is 119 Å². The molecule has 20 heavy (non-hydrogen) atoms. The molecule has 1 fully saturated rings. The van der Waals surface area contributed by atoms with Gasteiger partial charge >= 0.3 is 12.0 Å². The van der Waals surface area contributed by atoms with Gasteiger partial charge in [-0.1, -0.05) is 6.92 Å². The first-order chi connectivity index (χ1) is 9.36. The third-order valence-corrected chi connectivity index (χ3v) is 3.56. The van der Waals surface area contributed by atoms with Crippen molar-refractivity contribution in [2.24, 2.45) is 5.92 Å². The van der Waals surface area contributed by atoms with Gasteiger partial charge in [-0.25, -0.2) is 4.79 Å². The Hall–Kier alpha value is -1.79. The highest BCUT2D eigenvalue weighted by Gasteiger charge is 2.27. The maximum Gasteiger partial charge on any atom is 0.320 e. The molecule has 1 unspecified atom stereocenters. The fourth-order valence-electron chi connectivity index (χ4n) is 2.16.